The lowest BCUT2D eigenvalue weighted by Crippen LogP contribution is -2.37. The molecule has 0 amide bonds. The van der Waals surface area contributed by atoms with Crippen molar-refractivity contribution >= 4 is 16.9 Å². The average molecular weight is 392 g/mol. The van der Waals surface area contributed by atoms with E-state index in [9.17, 15) is 0 Å². The fourth-order valence-electron chi connectivity index (χ4n) is 3.65. The van der Waals surface area contributed by atoms with Crippen LogP contribution in [0.15, 0.2) is 55.0 Å². The molecule has 6 nitrogen and oxygen atoms in total. The Morgan fingerprint density at radius 1 is 1.18 bits per heavy atom. The molecule has 5 rings (SSSR count). The standard InChI is InChI=1S/C21H21N5OS/c1-15-4-6-18(28-15)13-25-9-10-27-20(14-25)21-19-7-5-17(12-26(19)24-23-21)16-3-2-8-22-11-16/h2-8,11-12,20H,9-10,13-14H2,1H3/t20-/m0/s1. The summed E-state index contributed by atoms with van der Waals surface area (Å²) in [5.41, 5.74) is 4.03. The molecule has 1 fully saturated rings. The summed E-state index contributed by atoms with van der Waals surface area (Å²) in [6, 6.07) is 12.5. The van der Waals surface area contributed by atoms with E-state index < -0.39 is 0 Å². The van der Waals surface area contributed by atoms with Gasteiger partial charge in [-0.25, -0.2) is 4.52 Å². The summed E-state index contributed by atoms with van der Waals surface area (Å²) in [5, 5.41) is 8.79. The van der Waals surface area contributed by atoms with Gasteiger partial charge in [-0.2, -0.15) is 0 Å². The Bertz CT molecular complexity index is 1090. The van der Waals surface area contributed by atoms with Gasteiger partial charge in [-0.1, -0.05) is 17.3 Å². The molecule has 0 saturated carbocycles. The first kappa shape index (κ1) is 17.5. The summed E-state index contributed by atoms with van der Waals surface area (Å²) in [6.07, 6.45) is 5.57. The van der Waals surface area contributed by atoms with E-state index in [1.54, 1.807) is 6.20 Å². The van der Waals surface area contributed by atoms with Crippen LogP contribution in [0.1, 0.15) is 21.6 Å². The highest BCUT2D eigenvalue weighted by Crippen LogP contribution is 2.27. The lowest BCUT2D eigenvalue weighted by Gasteiger charge is -2.31. The van der Waals surface area contributed by atoms with Gasteiger partial charge in [0, 0.05) is 59.1 Å². The van der Waals surface area contributed by atoms with E-state index in [-0.39, 0.29) is 6.10 Å². The van der Waals surface area contributed by atoms with Crippen LogP contribution in [0.2, 0.25) is 0 Å². The number of aryl methyl sites for hydroxylation is 1. The summed E-state index contributed by atoms with van der Waals surface area (Å²) < 4.78 is 7.89. The molecular formula is C21H21N5OS. The number of hydrogen-bond acceptors (Lipinski definition) is 6. The van der Waals surface area contributed by atoms with E-state index in [0.29, 0.717) is 6.61 Å². The summed E-state index contributed by atoms with van der Waals surface area (Å²) >= 11 is 1.86. The molecule has 0 bridgehead atoms. The van der Waals surface area contributed by atoms with Crippen molar-refractivity contribution in [3.63, 3.8) is 0 Å². The maximum atomic E-state index is 6.05. The molecule has 0 N–H and O–H groups in total. The normalized spacial score (nSPS) is 18.0. The van der Waals surface area contributed by atoms with Gasteiger partial charge in [0.2, 0.25) is 0 Å². The van der Waals surface area contributed by atoms with Crippen molar-refractivity contribution in [3.8, 4) is 11.1 Å². The van der Waals surface area contributed by atoms with E-state index in [1.807, 2.05) is 40.4 Å². The molecule has 142 valence electrons. The van der Waals surface area contributed by atoms with Gasteiger partial charge in [-0.3, -0.25) is 9.88 Å². The number of pyridine rings is 2. The summed E-state index contributed by atoms with van der Waals surface area (Å²) in [4.78, 5) is 9.38. The minimum atomic E-state index is -0.0587. The van der Waals surface area contributed by atoms with Gasteiger partial charge < -0.3 is 4.74 Å². The van der Waals surface area contributed by atoms with Gasteiger partial charge in [0.1, 0.15) is 11.8 Å². The number of nitrogens with zero attached hydrogens (tertiary/aromatic N) is 5. The second-order valence-electron chi connectivity index (χ2n) is 7.07. The fourth-order valence-corrected chi connectivity index (χ4v) is 4.58. The third-order valence-electron chi connectivity index (χ3n) is 5.07. The number of hydrogen-bond donors (Lipinski definition) is 0. The van der Waals surface area contributed by atoms with E-state index in [1.165, 1.54) is 9.75 Å². The minimum absolute atomic E-state index is 0.0587. The molecule has 4 aromatic rings. The van der Waals surface area contributed by atoms with Crippen molar-refractivity contribution in [2.75, 3.05) is 19.7 Å². The van der Waals surface area contributed by atoms with Crippen molar-refractivity contribution in [1.82, 2.24) is 24.7 Å². The predicted molar refractivity (Wildman–Crippen MR) is 109 cm³/mol. The number of fused-ring (bicyclic) bond motifs is 1. The van der Waals surface area contributed by atoms with Gasteiger partial charge in [-0.15, -0.1) is 16.4 Å². The third-order valence-corrected chi connectivity index (χ3v) is 6.05. The maximum Gasteiger partial charge on any atom is 0.121 e. The zero-order chi connectivity index (χ0) is 18.9. The first-order valence-electron chi connectivity index (χ1n) is 9.41. The van der Waals surface area contributed by atoms with E-state index >= 15 is 0 Å². The molecule has 0 aliphatic carbocycles. The molecule has 0 aromatic carbocycles. The molecule has 1 saturated heterocycles. The van der Waals surface area contributed by atoms with Crippen molar-refractivity contribution < 1.29 is 4.74 Å². The maximum absolute atomic E-state index is 6.05. The molecule has 7 heteroatoms. The molecule has 1 aliphatic heterocycles. The summed E-state index contributed by atoms with van der Waals surface area (Å²) in [6.45, 7) is 5.59. The molecule has 0 unspecified atom stereocenters. The minimum Gasteiger partial charge on any atom is -0.369 e. The van der Waals surface area contributed by atoms with Gasteiger partial charge in [0.05, 0.1) is 12.1 Å². The van der Waals surface area contributed by atoms with Gasteiger partial charge in [-0.05, 0) is 31.2 Å². The number of rotatable bonds is 4. The van der Waals surface area contributed by atoms with Crippen LogP contribution in [-0.2, 0) is 11.3 Å². The lowest BCUT2D eigenvalue weighted by atomic mass is 10.1. The fraction of sp³-hybridized carbons (Fsp3) is 0.286. The second-order valence-corrected chi connectivity index (χ2v) is 8.44. The van der Waals surface area contributed by atoms with Crippen LogP contribution in [0.4, 0.5) is 0 Å². The summed E-state index contributed by atoms with van der Waals surface area (Å²) in [7, 11) is 0. The Morgan fingerprint density at radius 3 is 2.96 bits per heavy atom. The number of aromatic nitrogens is 4. The van der Waals surface area contributed by atoms with Crippen LogP contribution < -0.4 is 0 Å². The molecule has 0 radical (unpaired) electrons. The molecule has 28 heavy (non-hydrogen) atoms. The number of thiophene rings is 1. The Balaban J connectivity index is 1.38. The predicted octanol–water partition coefficient (Wildman–Crippen LogP) is 3.73. The molecule has 1 aliphatic rings. The highest BCUT2D eigenvalue weighted by Gasteiger charge is 2.26. The van der Waals surface area contributed by atoms with Crippen LogP contribution in [0.5, 0.6) is 0 Å². The van der Waals surface area contributed by atoms with E-state index in [2.05, 4.69) is 51.4 Å². The second kappa shape index (κ2) is 7.43. The SMILES string of the molecule is Cc1ccc(CN2CCO[C@H](c3nnn4cc(-c5cccnc5)ccc34)C2)s1. The molecule has 0 spiro atoms. The van der Waals surface area contributed by atoms with Crippen LogP contribution in [-0.4, -0.2) is 44.4 Å². The van der Waals surface area contributed by atoms with Crippen molar-refractivity contribution in [1.29, 1.82) is 0 Å². The summed E-state index contributed by atoms with van der Waals surface area (Å²) in [5.74, 6) is 0. The lowest BCUT2D eigenvalue weighted by molar-refractivity contribution is -0.0340. The smallest absolute Gasteiger partial charge is 0.121 e. The molecular weight excluding hydrogens is 370 g/mol. The van der Waals surface area contributed by atoms with Gasteiger partial charge in [0.25, 0.3) is 0 Å². The highest BCUT2D eigenvalue weighted by molar-refractivity contribution is 7.11. The van der Waals surface area contributed by atoms with Gasteiger partial charge in [0.15, 0.2) is 0 Å². The van der Waals surface area contributed by atoms with Crippen LogP contribution in [0, 0.1) is 6.92 Å². The monoisotopic (exact) mass is 391 g/mol. The zero-order valence-electron chi connectivity index (χ0n) is 15.7. The van der Waals surface area contributed by atoms with Gasteiger partial charge >= 0.3 is 0 Å². The molecule has 4 aromatic heterocycles. The average Bonchev–Trinajstić information content (AvgIpc) is 3.34. The van der Waals surface area contributed by atoms with Crippen LogP contribution in [0.25, 0.3) is 16.6 Å². The molecule has 5 heterocycles. The Morgan fingerprint density at radius 2 is 2.14 bits per heavy atom. The van der Waals surface area contributed by atoms with Crippen LogP contribution >= 0.6 is 11.3 Å². The largest absolute Gasteiger partial charge is 0.369 e. The van der Waals surface area contributed by atoms with E-state index in [4.69, 9.17) is 4.74 Å². The Kier molecular flexibility index (Phi) is 4.64. The molecule has 1 atom stereocenters. The number of morpholine rings is 1. The van der Waals surface area contributed by atoms with Crippen LogP contribution in [0.3, 0.4) is 0 Å². The van der Waals surface area contributed by atoms with Crippen molar-refractivity contribution in [2.24, 2.45) is 0 Å². The van der Waals surface area contributed by atoms with Crippen molar-refractivity contribution in [2.45, 2.75) is 19.6 Å². The number of ether oxygens (including phenoxy) is 1. The first-order chi connectivity index (χ1) is 13.8. The van der Waals surface area contributed by atoms with Crippen molar-refractivity contribution in [3.05, 3.63) is 70.4 Å². The van der Waals surface area contributed by atoms with E-state index in [0.717, 1.165) is 42.0 Å². The quantitative estimate of drug-likeness (QED) is 0.530. The Hall–Kier alpha value is -2.61. The zero-order valence-corrected chi connectivity index (χ0v) is 16.5. The topological polar surface area (TPSA) is 55.5 Å². The highest BCUT2D eigenvalue weighted by atomic mass is 32.1. The first-order valence-corrected chi connectivity index (χ1v) is 10.2. The Labute approximate surface area is 167 Å². The third kappa shape index (κ3) is 3.44.